The van der Waals surface area contributed by atoms with Crippen LogP contribution in [0.25, 0.3) is 0 Å². The van der Waals surface area contributed by atoms with Crippen LogP contribution in [0.15, 0.2) is 16.8 Å². The molecule has 0 saturated carbocycles. The molecule has 0 atom stereocenters. The molecule has 0 aliphatic heterocycles. The Morgan fingerprint density at radius 3 is 2.88 bits per heavy atom. The molecule has 84 valence electrons. The van der Waals surface area contributed by atoms with Crippen LogP contribution in [0, 0.1) is 6.92 Å². The van der Waals surface area contributed by atoms with Crippen LogP contribution >= 0.6 is 11.6 Å². The fourth-order valence-corrected chi connectivity index (χ4v) is 1.48. The summed E-state index contributed by atoms with van der Waals surface area (Å²) in [5.41, 5.74) is 0.157. The van der Waals surface area contributed by atoms with Crippen molar-refractivity contribution in [2.75, 3.05) is 5.32 Å². The van der Waals surface area contributed by atoms with Gasteiger partial charge in [0.1, 0.15) is 5.76 Å². The lowest BCUT2D eigenvalue weighted by atomic mass is 10.4. The Morgan fingerprint density at radius 2 is 2.38 bits per heavy atom. The first-order chi connectivity index (χ1) is 7.56. The van der Waals surface area contributed by atoms with E-state index in [9.17, 15) is 4.79 Å². The van der Waals surface area contributed by atoms with Crippen LogP contribution in [0.5, 0.6) is 0 Å². The second-order valence-corrected chi connectivity index (χ2v) is 3.68. The Labute approximate surface area is 96.2 Å². The topological polar surface area (TPSA) is 73.0 Å². The van der Waals surface area contributed by atoms with Crippen LogP contribution in [-0.4, -0.2) is 20.8 Å². The van der Waals surface area contributed by atoms with E-state index in [0.29, 0.717) is 16.6 Å². The van der Waals surface area contributed by atoms with Gasteiger partial charge < -0.3 is 9.84 Å². The van der Waals surface area contributed by atoms with Crippen molar-refractivity contribution in [2.45, 2.75) is 6.92 Å². The summed E-state index contributed by atoms with van der Waals surface area (Å²) in [6.45, 7) is 1.73. The predicted molar refractivity (Wildman–Crippen MR) is 57.4 cm³/mol. The molecular formula is C9H9ClN4O2. The molecule has 0 fully saturated rings. The highest BCUT2D eigenvalue weighted by Gasteiger charge is 2.16. The molecule has 2 aromatic rings. The molecule has 0 unspecified atom stereocenters. The number of aryl methyl sites for hydroxylation is 2. The van der Waals surface area contributed by atoms with E-state index < -0.39 is 5.91 Å². The third-order valence-electron chi connectivity index (χ3n) is 1.87. The van der Waals surface area contributed by atoms with Gasteiger partial charge in [0.15, 0.2) is 11.5 Å². The summed E-state index contributed by atoms with van der Waals surface area (Å²) in [7, 11) is 1.68. The minimum absolute atomic E-state index is 0.157. The smallest absolute Gasteiger partial charge is 0.278 e. The van der Waals surface area contributed by atoms with Crippen molar-refractivity contribution < 1.29 is 9.32 Å². The zero-order valence-electron chi connectivity index (χ0n) is 8.69. The van der Waals surface area contributed by atoms with Crippen molar-refractivity contribution in [1.82, 2.24) is 14.9 Å². The van der Waals surface area contributed by atoms with Crippen molar-refractivity contribution in [3.8, 4) is 0 Å². The molecule has 2 aromatic heterocycles. The largest absolute Gasteiger partial charge is 0.360 e. The number of aromatic nitrogens is 3. The minimum Gasteiger partial charge on any atom is -0.360 e. The number of nitrogens with one attached hydrogen (secondary N) is 1. The molecule has 1 amide bonds. The molecule has 7 heteroatoms. The summed E-state index contributed by atoms with van der Waals surface area (Å²) < 4.78 is 6.28. The minimum atomic E-state index is -0.418. The summed E-state index contributed by atoms with van der Waals surface area (Å²) >= 11 is 5.82. The molecule has 6 nitrogen and oxygen atoms in total. The number of hydrogen-bond donors (Lipinski definition) is 1. The van der Waals surface area contributed by atoms with E-state index in [2.05, 4.69) is 15.6 Å². The van der Waals surface area contributed by atoms with E-state index in [1.54, 1.807) is 26.2 Å². The number of carbonyl (C=O) groups is 1. The summed E-state index contributed by atoms with van der Waals surface area (Å²) in [5.74, 6) is 0.533. The molecule has 16 heavy (non-hydrogen) atoms. The van der Waals surface area contributed by atoms with Crippen LogP contribution in [0.2, 0.25) is 5.02 Å². The van der Waals surface area contributed by atoms with E-state index in [0.717, 1.165) is 0 Å². The average Bonchev–Trinajstić information content (AvgIpc) is 2.73. The SMILES string of the molecule is Cc1cc(NC(=O)c2nn(C)cc2Cl)no1. The third-order valence-corrected chi connectivity index (χ3v) is 2.15. The first-order valence-corrected chi connectivity index (χ1v) is 4.88. The lowest BCUT2D eigenvalue weighted by Crippen LogP contribution is -2.13. The molecule has 0 saturated heterocycles. The van der Waals surface area contributed by atoms with E-state index >= 15 is 0 Å². The number of hydrogen-bond acceptors (Lipinski definition) is 4. The van der Waals surface area contributed by atoms with Crippen LogP contribution in [0.4, 0.5) is 5.82 Å². The van der Waals surface area contributed by atoms with Gasteiger partial charge in [0.2, 0.25) is 0 Å². The summed E-state index contributed by atoms with van der Waals surface area (Å²) in [4.78, 5) is 11.7. The lowest BCUT2D eigenvalue weighted by Gasteiger charge is -1.97. The molecule has 0 radical (unpaired) electrons. The van der Waals surface area contributed by atoms with E-state index in [1.165, 1.54) is 4.68 Å². The van der Waals surface area contributed by atoms with E-state index in [-0.39, 0.29) is 5.69 Å². The van der Waals surface area contributed by atoms with Gasteiger partial charge >= 0.3 is 0 Å². The van der Waals surface area contributed by atoms with Crippen LogP contribution < -0.4 is 5.32 Å². The highest BCUT2D eigenvalue weighted by Crippen LogP contribution is 2.15. The molecule has 0 aromatic carbocycles. The van der Waals surface area contributed by atoms with Gasteiger partial charge in [0, 0.05) is 19.3 Å². The van der Waals surface area contributed by atoms with Gasteiger partial charge in [-0.05, 0) is 6.92 Å². The normalized spacial score (nSPS) is 10.4. The molecular weight excluding hydrogens is 232 g/mol. The maximum atomic E-state index is 11.7. The van der Waals surface area contributed by atoms with Gasteiger partial charge in [-0.3, -0.25) is 9.48 Å². The number of nitrogens with zero attached hydrogens (tertiary/aromatic N) is 3. The summed E-state index contributed by atoms with van der Waals surface area (Å²) in [6, 6.07) is 1.61. The predicted octanol–water partition coefficient (Wildman–Crippen LogP) is 1.62. The standard InChI is InChI=1S/C9H9ClN4O2/c1-5-3-7(13-16-5)11-9(15)8-6(10)4-14(2)12-8/h3-4H,1-2H3,(H,11,13,15). The summed E-state index contributed by atoms with van der Waals surface area (Å²) in [5, 5.41) is 10.4. The Morgan fingerprint density at radius 1 is 1.62 bits per heavy atom. The number of anilines is 1. The van der Waals surface area contributed by atoms with Crippen molar-refractivity contribution in [1.29, 1.82) is 0 Å². The van der Waals surface area contributed by atoms with Gasteiger partial charge in [-0.2, -0.15) is 5.10 Å². The first-order valence-electron chi connectivity index (χ1n) is 4.50. The Hall–Kier alpha value is -1.82. The molecule has 0 aliphatic rings. The quantitative estimate of drug-likeness (QED) is 0.866. The van der Waals surface area contributed by atoms with Gasteiger partial charge in [-0.1, -0.05) is 16.8 Å². The Bertz CT molecular complexity index is 531. The van der Waals surface area contributed by atoms with Crippen molar-refractivity contribution in [3.63, 3.8) is 0 Å². The van der Waals surface area contributed by atoms with Crippen molar-refractivity contribution in [3.05, 3.63) is 28.7 Å². The monoisotopic (exact) mass is 240 g/mol. The lowest BCUT2D eigenvalue weighted by molar-refractivity contribution is 0.102. The molecule has 0 bridgehead atoms. The summed E-state index contributed by atoms with van der Waals surface area (Å²) in [6.07, 6.45) is 1.55. The zero-order valence-corrected chi connectivity index (χ0v) is 9.45. The molecule has 2 heterocycles. The van der Waals surface area contributed by atoms with Gasteiger partial charge in [-0.25, -0.2) is 0 Å². The average molecular weight is 241 g/mol. The second-order valence-electron chi connectivity index (χ2n) is 3.28. The molecule has 0 spiro atoms. The third kappa shape index (κ3) is 2.06. The Kier molecular flexibility index (Phi) is 2.66. The second kappa shape index (κ2) is 3.97. The van der Waals surface area contributed by atoms with Gasteiger partial charge in [0.25, 0.3) is 5.91 Å². The highest BCUT2D eigenvalue weighted by molar-refractivity contribution is 6.34. The van der Waals surface area contributed by atoms with Crippen molar-refractivity contribution >= 4 is 23.3 Å². The van der Waals surface area contributed by atoms with Crippen LogP contribution in [0.3, 0.4) is 0 Å². The zero-order chi connectivity index (χ0) is 11.7. The number of carbonyl (C=O) groups excluding carboxylic acids is 1. The van der Waals surface area contributed by atoms with Crippen LogP contribution in [0.1, 0.15) is 16.2 Å². The van der Waals surface area contributed by atoms with Gasteiger partial charge in [0.05, 0.1) is 5.02 Å². The highest BCUT2D eigenvalue weighted by atomic mass is 35.5. The Balaban J connectivity index is 2.17. The van der Waals surface area contributed by atoms with E-state index in [1.807, 2.05) is 0 Å². The molecule has 0 aliphatic carbocycles. The maximum Gasteiger partial charge on any atom is 0.278 e. The van der Waals surface area contributed by atoms with Crippen LogP contribution in [-0.2, 0) is 7.05 Å². The fraction of sp³-hybridized carbons (Fsp3) is 0.222. The van der Waals surface area contributed by atoms with Crippen molar-refractivity contribution in [2.24, 2.45) is 7.05 Å². The molecule has 2 rings (SSSR count). The number of rotatable bonds is 2. The fourth-order valence-electron chi connectivity index (χ4n) is 1.21. The first kappa shape index (κ1) is 10.7. The molecule has 1 N–H and O–H groups in total. The maximum absolute atomic E-state index is 11.7. The van der Waals surface area contributed by atoms with Gasteiger partial charge in [-0.15, -0.1) is 0 Å². The van der Waals surface area contributed by atoms with E-state index in [4.69, 9.17) is 16.1 Å². The number of halogens is 1. The number of amides is 1.